The maximum Gasteiger partial charge on any atom is 0.0666 e. The highest BCUT2D eigenvalue weighted by atomic mass is 32.2. The molecule has 64 valence electrons. The third-order valence-corrected chi connectivity index (χ3v) is 2.07. The van der Waals surface area contributed by atoms with Gasteiger partial charge in [0.25, 0.3) is 0 Å². The van der Waals surface area contributed by atoms with Crippen LogP contribution >= 0.6 is 11.8 Å². The molecule has 1 atom stereocenters. The van der Waals surface area contributed by atoms with E-state index >= 15 is 0 Å². The minimum atomic E-state index is 0.143. The van der Waals surface area contributed by atoms with Crippen molar-refractivity contribution < 1.29 is 0 Å². The first-order chi connectivity index (χ1) is 5.31. The lowest BCUT2D eigenvalue weighted by Crippen LogP contribution is -2.21. The maximum absolute atomic E-state index is 8.44. The van der Waals surface area contributed by atoms with E-state index in [1.807, 2.05) is 18.7 Å². The third kappa shape index (κ3) is 7.70. The highest BCUT2D eigenvalue weighted by Gasteiger charge is 1.96. The molecule has 11 heavy (non-hydrogen) atoms. The monoisotopic (exact) mass is 172 g/mol. The standard InChI is InChI=1S/C8H16N2S/c1-8(6-9)7-10-4-3-5-11-2/h8,10H,3-5,7H2,1-2H3. The first-order valence-electron chi connectivity index (χ1n) is 3.90. The van der Waals surface area contributed by atoms with Gasteiger partial charge in [-0.3, -0.25) is 0 Å². The summed E-state index contributed by atoms with van der Waals surface area (Å²) in [5.74, 6) is 1.35. The summed E-state index contributed by atoms with van der Waals surface area (Å²) < 4.78 is 0. The number of nitrogens with one attached hydrogen (secondary N) is 1. The summed E-state index contributed by atoms with van der Waals surface area (Å²) in [5, 5.41) is 11.7. The van der Waals surface area contributed by atoms with E-state index in [9.17, 15) is 0 Å². The Bertz CT molecular complexity index is 120. The fourth-order valence-electron chi connectivity index (χ4n) is 0.706. The molecule has 0 rings (SSSR count). The SMILES string of the molecule is CSCCCNCC(C)C#N. The zero-order valence-corrected chi connectivity index (χ0v) is 8.08. The van der Waals surface area contributed by atoms with Crippen molar-refractivity contribution in [1.29, 1.82) is 5.26 Å². The Morgan fingerprint density at radius 1 is 1.64 bits per heavy atom. The summed E-state index contributed by atoms with van der Waals surface area (Å²) >= 11 is 1.86. The van der Waals surface area contributed by atoms with Crippen LogP contribution in [0.4, 0.5) is 0 Å². The average molecular weight is 172 g/mol. The van der Waals surface area contributed by atoms with E-state index in [1.165, 1.54) is 12.2 Å². The topological polar surface area (TPSA) is 35.8 Å². The molecular formula is C8H16N2S. The van der Waals surface area contributed by atoms with Gasteiger partial charge in [0, 0.05) is 6.54 Å². The molecule has 1 N–H and O–H groups in total. The van der Waals surface area contributed by atoms with Gasteiger partial charge < -0.3 is 5.32 Å². The van der Waals surface area contributed by atoms with E-state index in [-0.39, 0.29) is 5.92 Å². The van der Waals surface area contributed by atoms with Gasteiger partial charge in [-0.05, 0) is 31.9 Å². The van der Waals surface area contributed by atoms with E-state index in [1.54, 1.807) is 0 Å². The molecule has 0 saturated heterocycles. The first kappa shape index (κ1) is 10.8. The van der Waals surface area contributed by atoms with Crippen molar-refractivity contribution in [1.82, 2.24) is 5.32 Å². The second-order valence-electron chi connectivity index (χ2n) is 2.58. The fraction of sp³-hybridized carbons (Fsp3) is 0.875. The summed E-state index contributed by atoms with van der Waals surface area (Å²) in [6.07, 6.45) is 3.30. The van der Waals surface area contributed by atoms with Crippen molar-refractivity contribution in [3.05, 3.63) is 0 Å². The fourth-order valence-corrected chi connectivity index (χ4v) is 1.14. The first-order valence-corrected chi connectivity index (χ1v) is 5.30. The maximum atomic E-state index is 8.44. The van der Waals surface area contributed by atoms with Crippen LogP contribution in [0.3, 0.4) is 0 Å². The molecule has 1 unspecified atom stereocenters. The predicted molar refractivity (Wildman–Crippen MR) is 50.6 cm³/mol. The number of hydrogen-bond acceptors (Lipinski definition) is 3. The smallest absolute Gasteiger partial charge is 0.0666 e. The molecule has 0 aromatic heterocycles. The molecule has 0 radical (unpaired) electrons. The van der Waals surface area contributed by atoms with E-state index in [4.69, 9.17) is 5.26 Å². The lowest BCUT2D eigenvalue weighted by Gasteiger charge is -2.03. The van der Waals surface area contributed by atoms with Gasteiger partial charge in [0.1, 0.15) is 0 Å². The van der Waals surface area contributed by atoms with Crippen LogP contribution in [0.1, 0.15) is 13.3 Å². The van der Waals surface area contributed by atoms with Gasteiger partial charge in [0.15, 0.2) is 0 Å². The summed E-state index contributed by atoms with van der Waals surface area (Å²) in [6.45, 7) is 3.79. The zero-order valence-electron chi connectivity index (χ0n) is 7.26. The van der Waals surface area contributed by atoms with Crippen LogP contribution in [0, 0.1) is 17.2 Å². The zero-order chi connectivity index (χ0) is 8.53. The van der Waals surface area contributed by atoms with Gasteiger partial charge in [0.2, 0.25) is 0 Å². The van der Waals surface area contributed by atoms with Gasteiger partial charge >= 0.3 is 0 Å². The van der Waals surface area contributed by atoms with Gasteiger partial charge in [0.05, 0.1) is 12.0 Å². The minimum Gasteiger partial charge on any atom is -0.315 e. The van der Waals surface area contributed by atoms with Crippen LogP contribution in [0.15, 0.2) is 0 Å². The molecule has 0 aliphatic heterocycles. The largest absolute Gasteiger partial charge is 0.315 e. The van der Waals surface area contributed by atoms with Crippen molar-refractivity contribution in [3.8, 4) is 6.07 Å². The number of hydrogen-bond donors (Lipinski definition) is 1. The van der Waals surface area contributed by atoms with E-state index in [0.29, 0.717) is 0 Å². The van der Waals surface area contributed by atoms with E-state index in [2.05, 4.69) is 17.6 Å². The molecule has 0 aliphatic rings. The van der Waals surface area contributed by atoms with Gasteiger partial charge in [-0.1, -0.05) is 0 Å². The van der Waals surface area contributed by atoms with Crippen LogP contribution < -0.4 is 5.32 Å². The predicted octanol–water partition coefficient (Wildman–Crippen LogP) is 1.49. The normalized spacial score (nSPS) is 12.5. The van der Waals surface area contributed by atoms with Gasteiger partial charge in [-0.25, -0.2) is 0 Å². The molecular weight excluding hydrogens is 156 g/mol. The summed E-state index contributed by atoms with van der Waals surface area (Å²) in [6, 6.07) is 2.19. The minimum absolute atomic E-state index is 0.143. The highest BCUT2D eigenvalue weighted by Crippen LogP contribution is 1.94. The summed E-state index contributed by atoms with van der Waals surface area (Å²) in [4.78, 5) is 0. The molecule has 0 amide bonds. The van der Waals surface area contributed by atoms with Crippen LogP contribution in [0.25, 0.3) is 0 Å². The van der Waals surface area contributed by atoms with Crippen molar-refractivity contribution >= 4 is 11.8 Å². The molecule has 2 nitrogen and oxygen atoms in total. The second kappa shape index (κ2) is 7.90. The Kier molecular flexibility index (Phi) is 7.76. The molecule has 3 heteroatoms. The van der Waals surface area contributed by atoms with Crippen molar-refractivity contribution in [2.45, 2.75) is 13.3 Å². The Morgan fingerprint density at radius 3 is 2.91 bits per heavy atom. The van der Waals surface area contributed by atoms with Gasteiger partial charge in [-0.15, -0.1) is 0 Å². The number of nitriles is 1. The van der Waals surface area contributed by atoms with Crippen molar-refractivity contribution in [3.63, 3.8) is 0 Å². The van der Waals surface area contributed by atoms with E-state index < -0.39 is 0 Å². The van der Waals surface area contributed by atoms with Crippen LogP contribution in [0.5, 0.6) is 0 Å². The summed E-state index contributed by atoms with van der Waals surface area (Å²) in [5.41, 5.74) is 0. The second-order valence-corrected chi connectivity index (χ2v) is 3.57. The molecule has 0 fully saturated rings. The van der Waals surface area contributed by atoms with Crippen molar-refractivity contribution in [2.75, 3.05) is 25.1 Å². The van der Waals surface area contributed by atoms with Gasteiger partial charge in [-0.2, -0.15) is 17.0 Å². The molecule has 0 spiro atoms. The molecule has 0 aliphatic carbocycles. The molecule has 0 bridgehead atoms. The third-order valence-electron chi connectivity index (χ3n) is 1.37. The van der Waals surface area contributed by atoms with Crippen LogP contribution in [-0.4, -0.2) is 25.1 Å². The molecule has 0 saturated carbocycles. The lowest BCUT2D eigenvalue weighted by molar-refractivity contribution is 0.598. The molecule has 0 heterocycles. The summed E-state index contributed by atoms with van der Waals surface area (Å²) in [7, 11) is 0. The number of nitrogens with zero attached hydrogens (tertiary/aromatic N) is 1. The number of thioether (sulfide) groups is 1. The Morgan fingerprint density at radius 2 is 2.36 bits per heavy atom. The van der Waals surface area contributed by atoms with Crippen LogP contribution in [0.2, 0.25) is 0 Å². The molecule has 0 aromatic carbocycles. The highest BCUT2D eigenvalue weighted by molar-refractivity contribution is 7.98. The van der Waals surface area contributed by atoms with E-state index in [0.717, 1.165) is 13.1 Å². The molecule has 0 aromatic rings. The Hall–Kier alpha value is -0.200. The van der Waals surface area contributed by atoms with Crippen molar-refractivity contribution in [2.24, 2.45) is 5.92 Å². The average Bonchev–Trinajstić information content (AvgIpc) is 2.04. The Labute approximate surface area is 73.4 Å². The Balaban J connectivity index is 2.97. The number of rotatable bonds is 6. The lowest BCUT2D eigenvalue weighted by atomic mass is 10.2. The van der Waals surface area contributed by atoms with Crippen LogP contribution in [-0.2, 0) is 0 Å². The quantitative estimate of drug-likeness (QED) is 0.617.